The molecule has 0 spiro atoms. The summed E-state index contributed by atoms with van der Waals surface area (Å²) in [6, 6.07) is 27.8. The molecule has 0 aliphatic rings. The molecular weight excluding hydrogens is 435 g/mol. The van der Waals surface area contributed by atoms with Crippen molar-refractivity contribution in [2.75, 3.05) is 0 Å². The fourth-order valence-corrected chi connectivity index (χ4v) is 3.69. The van der Waals surface area contributed by atoms with Crippen LogP contribution in [0, 0.1) is 0 Å². The van der Waals surface area contributed by atoms with Gasteiger partial charge in [-0.25, -0.2) is 4.79 Å². The molecule has 5 nitrogen and oxygen atoms in total. The van der Waals surface area contributed by atoms with Crippen LogP contribution in [0.25, 0.3) is 0 Å². The standard InChI is InChI=1S/C12H11OP.C8H18O2.C7H6O2/c13-14(11-7-3-1-4-8-11)12-9-5-2-6-10-12;1-7(2,9)5-6-8(3,4)10;8-7(9)6-4-2-1-3-5-6/h1-10,13H;9-10H,5-6H2,1-4H3;1-5H,(H,8,9). The molecule has 0 heterocycles. The molecule has 33 heavy (non-hydrogen) atoms. The van der Waals surface area contributed by atoms with Crippen molar-refractivity contribution >= 4 is 24.7 Å². The summed E-state index contributed by atoms with van der Waals surface area (Å²) in [6.45, 7) is 7.00. The lowest BCUT2D eigenvalue weighted by atomic mass is 9.94. The van der Waals surface area contributed by atoms with Gasteiger partial charge in [0.2, 0.25) is 0 Å². The van der Waals surface area contributed by atoms with E-state index in [1.165, 1.54) is 0 Å². The summed E-state index contributed by atoms with van der Waals surface area (Å²) in [4.78, 5) is 20.3. The molecule has 0 aliphatic heterocycles. The summed E-state index contributed by atoms with van der Waals surface area (Å²) in [5, 5.41) is 28.9. The van der Waals surface area contributed by atoms with Crippen LogP contribution in [0.15, 0.2) is 91.0 Å². The molecule has 0 amide bonds. The quantitative estimate of drug-likeness (QED) is 0.391. The predicted octanol–water partition coefficient (Wildman–Crippen LogP) is 4.72. The first-order chi connectivity index (χ1) is 15.4. The summed E-state index contributed by atoms with van der Waals surface area (Å²) < 4.78 is 0. The lowest BCUT2D eigenvalue weighted by molar-refractivity contribution is 0.0169. The predicted molar refractivity (Wildman–Crippen MR) is 137 cm³/mol. The molecular formula is C27H35O5P. The number of rotatable bonds is 6. The Balaban J connectivity index is 0.000000257. The van der Waals surface area contributed by atoms with Crippen molar-refractivity contribution in [2.24, 2.45) is 0 Å². The third-order valence-electron chi connectivity index (χ3n) is 4.37. The summed E-state index contributed by atoms with van der Waals surface area (Å²) >= 11 is 0. The van der Waals surface area contributed by atoms with Crippen LogP contribution in [-0.2, 0) is 0 Å². The van der Waals surface area contributed by atoms with Crippen LogP contribution in [0.4, 0.5) is 0 Å². The zero-order valence-electron chi connectivity index (χ0n) is 19.7. The Hall–Kier alpha value is -2.56. The summed E-state index contributed by atoms with van der Waals surface area (Å²) in [6.07, 6.45) is 1.27. The molecule has 0 bridgehead atoms. The first-order valence-electron chi connectivity index (χ1n) is 10.7. The molecule has 0 aliphatic carbocycles. The van der Waals surface area contributed by atoms with E-state index in [9.17, 15) is 19.9 Å². The molecule has 0 radical (unpaired) electrons. The molecule has 0 saturated heterocycles. The normalized spacial score (nSPS) is 11.0. The largest absolute Gasteiger partial charge is 0.478 e. The minimum absolute atomic E-state index is 0.331. The molecule has 0 aromatic heterocycles. The highest BCUT2D eigenvalue weighted by Gasteiger charge is 2.19. The molecule has 6 heteroatoms. The minimum atomic E-state index is -1.17. The lowest BCUT2D eigenvalue weighted by Crippen LogP contribution is -2.26. The van der Waals surface area contributed by atoms with Crippen LogP contribution < -0.4 is 10.6 Å². The number of aromatic carboxylic acids is 1. The van der Waals surface area contributed by atoms with Gasteiger partial charge in [0.05, 0.1) is 24.9 Å². The average Bonchev–Trinajstić information content (AvgIpc) is 2.79. The fourth-order valence-electron chi connectivity index (χ4n) is 2.48. The van der Waals surface area contributed by atoms with Crippen molar-refractivity contribution in [1.82, 2.24) is 0 Å². The van der Waals surface area contributed by atoms with Crippen molar-refractivity contribution < 1.29 is 25.0 Å². The molecule has 0 atom stereocenters. The van der Waals surface area contributed by atoms with Gasteiger partial charge in [-0.2, -0.15) is 0 Å². The Bertz CT molecular complexity index is 864. The average molecular weight is 471 g/mol. The van der Waals surface area contributed by atoms with Crippen molar-refractivity contribution in [2.45, 2.75) is 51.7 Å². The van der Waals surface area contributed by atoms with Gasteiger partial charge in [-0.1, -0.05) is 78.9 Å². The Labute approximate surface area is 198 Å². The van der Waals surface area contributed by atoms with E-state index < -0.39 is 25.3 Å². The van der Waals surface area contributed by atoms with Crippen LogP contribution in [0.3, 0.4) is 0 Å². The topological polar surface area (TPSA) is 98.0 Å². The van der Waals surface area contributed by atoms with E-state index in [1.807, 2.05) is 60.7 Å². The third kappa shape index (κ3) is 13.6. The molecule has 0 fully saturated rings. The number of benzene rings is 3. The van der Waals surface area contributed by atoms with E-state index in [2.05, 4.69) is 0 Å². The summed E-state index contributed by atoms with van der Waals surface area (Å²) in [5.41, 5.74) is -0.975. The highest BCUT2D eigenvalue weighted by Crippen LogP contribution is 2.26. The maximum atomic E-state index is 10.2. The van der Waals surface area contributed by atoms with Crippen molar-refractivity contribution in [3.05, 3.63) is 96.6 Å². The van der Waals surface area contributed by atoms with Gasteiger partial charge in [0, 0.05) is 10.6 Å². The summed E-state index contributed by atoms with van der Waals surface area (Å²) in [5.74, 6) is -0.879. The lowest BCUT2D eigenvalue weighted by Gasteiger charge is -2.23. The van der Waals surface area contributed by atoms with Gasteiger partial charge in [-0.15, -0.1) is 0 Å². The van der Waals surface area contributed by atoms with Crippen LogP contribution in [0.2, 0.25) is 0 Å². The molecule has 178 valence electrons. The van der Waals surface area contributed by atoms with E-state index in [-0.39, 0.29) is 0 Å². The Morgan fingerprint density at radius 2 is 0.970 bits per heavy atom. The van der Waals surface area contributed by atoms with Gasteiger partial charge in [-0.3, -0.25) is 0 Å². The molecule has 3 rings (SSSR count). The number of carbonyl (C=O) groups is 1. The maximum absolute atomic E-state index is 10.2. The van der Waals surface area contributed by atoms with Crippen molar-refractivity contribution in [3.8, 4) is 0 Å². The smallest absolute Gasteiger partial charge is 0.335 e. The molecule has 0 unspecified atom stereocenters. The molecule has 3 aromatic carbocycles. The van der Waals surface area contributed by atoms with Crippen LogP contribution >= 0.6 is 8.15 Å². The van der Waals surface area contributed by atoms with E-state index in [0.29, 0.717) is 18.4 Å². The highest BCUT2D eigenvalue weighted by molar-refractivity contribution is 7.67. The van der Waals surface area contributed by atoms with Crippen molar-refractivity contribution in [1.29, 1.82) is 0 Å². The molecule has 3 aromatic rings. The van der Waals surface area contributed by atoms with Crippen LogP contribution in [0.5, 0.6) is 0 Å². The number of carboxylic acids is 1. The second-order valence-electron chi connectivity index (χ2n) is 8.78. The van der Waals surface area contributed by atoms with E-state index in [0.717, 1.165) is 10.6 Å². The first kappa shape index (κ1) is 28.5. The number of aliphatic hydroxyl groups is 2. The van der Waals surface area contributed by atoms with Gasteiger partial charge in [-0.05, 0) is 52.7 Å². The van der Waals surface area contributed by atoms with Gasteiger partial charge in [0.25, 0.3) is 0 Å². The van der Waals surface area contributed by atoms with Gasteiger partial charge < -0.3 is 20.2 Å². The Morgan fingerprint density at radius 1 is 0.667 bits per heavy atom. The second kappa shape index (κ2) is 13.9. The Kier molecular flexibility index (Phi) is 12.0. The highest BCUT2D eigenvalue weighted by atomic mass is 31.1. The fraction of sp³-hybridized carbons (Fsp3) is 0.296. The van der Waals surface area contributed by atoms with Gasteiger partial charge in [0.15, 0.2) is 0 Å². The number of carboxylic acid groups (broad SMARTS) is 1. The number of hydrogen-bond acceptors (Lipinski definition) is 4. The van der Waals surface area contributed by atoms with Crippen LogP contribution in [-0.4, -0.2) is 37.4 Å². The van der Waals surface area contributed by atoms with E-state index >= 15 is 0 Å². The van der Waals surface area contributed by atoms with Crippen LogP contribution in [0.1, 0.15) is 50.9 Å². The SMILES string of the molecule is CC(C)(O)CCC(C)(C)O.O=C(O)c1ccccc1.OP(c1ccccc1)c1ccccc1. The zero-order chi connectivity index (χ0) is 24.9. The van der Waals surface area contributed by atoms with E-state index in [4.69, 9.17) is 5.11 Å². The van der Waals surface area contributed by atoms with Crippen molar-refractivity contribution in [3.63, 3.8) is 0 Å². The number of hydrogen-bond donors (Lipinski definition) is 4. The maximum Gasteiger partial charge on any atom is 0.335 e. The monoisotopic (exact) mass is 470 g/mol. The summed E-state index contributed by atoms with van der Waals surface area (Å²) in [7, 11) is -1.17. The van der Waals surface area contributed by atoms with E-state index in [1.54, 1.807) is 58.0 Å². The van der Waals surface area contributed by atoms with Gasteiger partial charge in [0.1, 0.15) is 0 Å². The zero-order valence-corrected chi connectivity index (χ0v) is 20.6. The molecule has 4 N–H and O–H groups in total. The Morgan fingerprint density at radius 3 is 1.21 bits per heavy atom. The molecule has 0 saturated carbocycles. The van der Waals surface area contributed by atoms with Gasteiger partial charge >= 0.3 is 5.97 Å². The third-order valence-corrected chi connectivity index (χ3v) is 5.95. The first-order valence-corrected chi connectivity index (χ1v) is 12.0. The second-order valence-corrected chi connectivity index (χ2v) is 10.4. The minimum Gasteiger partial charge on any atom is -0.478 e.